The lowest BCUT2D eigenvalue weighted by Crippen LogP contribution is -2.19. The molecule has 0 spiro atoms. The lowest BCUT2D eigenvalue weighted by molar-refractivity contribution is -0.276. The molecule has 0 fully saturated rings. The van der Waals surface area contributed by atoms with E-state index in [2.05, 4.69) is 9.72 Å². The van der Waals surface area contributed by atoms with Crippen molar-refractivity contribution in [2.45, 2.75) is 18.7 Å². The quantitative estimate of drug-likeness (QED) is 0.461. The molecule has 0 amide bonds. The first-order chi connectivity index (χ1) is 7.87. The van der Waals surface area contributed by atoms with Gasteiger partial charge in [0.05, 0.1) is 18.4 Å². The number of ether oxygens (including phenoxy) is 1. The lowest BCUT2D eigenvalue weighted by atomic mass is 10.1. The zero-order valence-corrected chi connectivity index (χ0v) is 11.1. The van der Waals surface area contributed by atoms with E-state index in [1.165, 1.54) is 6.07 Å². The molecule has 0 aliphatic carbocycles. The summed E-state index contributed by atoms with van der Waals surface area (Å²) in [5, 5.41) is 8.58. The molecule has 0 atom stereocenters. The first-order valence-electron chi connectivity index (χ1n) is 4.24. The lowest BCUT2D eigenvalue weighted by Gasteiger charge is -2.13. The van der Waals surface area contributed by atoms with Crippen molar-refractivity contribution in [2.75, 3.05) is 0 Å². The molecular weight excluding hydrogens is 371 g/mol. The molecule has 1 heterocycles. The van der Waals surface area contributed by atoms with Crippen molar-refractivity contribution in [3.63, 3.8) is 0 Å². The zero-order valence-electron chi connectivity index (χ0n) is 8.18. The monoisotopic (exact) mass is 376 g/mol. The summed E-state index contributed by atoms with van der Waals surface area (Å²) >= 11 is 7.30. The van der Waals surface area contributed by atoms with Crippen molar-refractivity contribution >= 4 is 34.2 Å². The van der Waals surface area contributed by atoms with Gasteiger partial charge in [-0.15, -0.1) is 24.8 Å². The van der Waals surface area contributed by atoms with Gasteiger partial charge in [0.15, 0.2) is 0 Å². The molecule has 0 N–H and O–H groups in total. The van der Waals surface area contributed by atoms with Crippen LogP contribution in [-0.4, -0.2) is 11.3 Å². The number of hydrogen-bond donors (Lipinski definition) is 0. The van der Waals surface area contributed by atoms with Crippen LogP contribution in [0, 0.1) is 15.0 Å². The van der Waals surface area contributed by atoms with Gasteiger partial charge < -0.3 is 4.74 Å². The highest BCUT2D eigenvalue weighted by molar-refractivity contribution is 14.1. The second-order valence-corrected chi connectivity index (χ2v) is 4.28. The largest absolute Gasteiger partial charge is 0.574 e. The summed E-state index contributed by atoms with van der Waals surface area (Å²) < 4.78 is 40.5. The number of aromatic nitrogens is 1. The Hall–Kier alpha value is -0.750. The van der Waals surface area contributed by atoms with Crippen LogP contribution in [-0.2, 0) is 12.3 Å². The number of hydrogen-bond acceptors (Lipinski definition) is 3. The fraction of sp³-hybridized carbons (Fsp3) is 0.333. The minimum atomic E-state index is -4.83. The second-order valence-electron chi connectivity index (χ2n) is 2.90. The summed E-state index contributed by atoms with van der Waals surface area (Å²) in [7, 11) is 0. The number of nitriles is 1. The number of nitrogens with zero attached hydrogens (tertiary/aromatic N) is 2. The average Bonchev–Trinajstić information content (AvgIpc) is 2.15. The maximum Gasteiger partial charge on any atom is 0.574 e. The second kappa shape index (κ2) is 5.73. The van der Waals surface area contributed by atoms with Gasteiger partial charge in [-0.05, 0) is 34.2 Å². The fourth-order valence-electron chi connectivity index (χ4n) is 1.14. The van der Waals surface area contributed by atoms with E-state index >= 15 is 0 Å². The molecule has 17 heavy (non-hydrogen) atoms. The Balaban J connectivity index is 3.24. The molecule has 0 aliphatic heterocycles. The molecule has 0 aliphatic rings. The molecule has 0 saturated heterocycles. The predicted octanol–water partition coefficient (Wildman–Crippen LogP) is 3.39. The van der Waals surface area contributed by atoms with Gasteiger partial charge in [0.1, 0.15) is 3.70 Å². The van der Waals surface area contributed by atoms with E-state index in [1.54, 1.807) is 22.6 Å². The van der Waals surface area contributed by atoms with Crippen LogP contribution in [0.4, 0.5) is 13.2 Å². The molecular formula is C9H5ClF3IN2O. The van der Waals surface area contributed by atoms with Crippen molar-refractivity contribution in [2.24, 2.45) is 0 Å². The van der Waals surface area contributed by atoms with Gasteiger partial charge in [0, 0.05) is 5.56 Å². The number of rotatable bonds is 3. The summed E-state index contributed by atoms with van der Waals surface area (Å²) in [6, 6.07) is 3.35. The minimum absolute atomic E-state index is 0.0468. The van der Waals surface area contributed by atoms with E-state index in [1.807, 2.05) is 6.07 Å². The number of halogens is 5. The Morgan fingerprint density at radius 3 is 2.65 bits per heavy atom. The van der Waals surface area contributed by atoms with E-state index in [4.69, 9.17) is 16.9 Å². The van der Waals surface area contributed by atoms with Gasteiger partial charge in [-0.25, -0.2) is 4.98 Å². The molecule has 0 saturated carbocycles. The summed E-state index contributed by atoms with van der Waals surface area (Å²) in [6.45, 7) is 0. The molecule has 1 aromatic rings. The third kappa shape index (κ3) is 4.20. The summed E-state index contributed by atoms with van der Waals surface area (Å²) in [4.78, 5) is 3.62. The van der Waals surface area contributed by atoms with Crippen LogP contribution in [0.5, 0.6) is 5.88 Å². The van der Waals surface area contributed by atoms with E-state index in [0.29, 0.717) is 9.26 Å². The van der Waals surface area contributed by atoms with Crippen LogP contribution < -0.4 is 4.74 Å². The minimum Gasteiger partial charge on any atom is -0.387 e. The summed E-state index contributed by atoms with van der Waals surface area (Å²) in [5.41, 5.74) is 0.479. The number of pyridine rings is 1. The molecule has 8 heteroatoms. The highest BCUT2D eigenvalue weighted by atomic mass is 127. The van der Waals surface area contributed by atoms with Gasteiger partial charge in [-0.2, -0.15) is 5.26 Å². The van der Waals surface area contributed by atoms with Crippen LogP contribution in [0.1, 0.15) is 11.1 Å². The summed E-state index contributed by atoms with van der Waals surface area (Å²) in [5.74, 6) is -0.795. The van der Waals surface area contributed by atoms with Crippen molar-refractivity contribution < 1.29 is 17.9 Å². The van der Waals surface area contributed by atoms with Crippen LogP contribution in [0.15, 0.2) is 6.07 Å². The Morgan fingerprint density at radius 2 is 2.18 bits per heavy atom. The first kappa shape index (κ1) is 14.3. The molecule has 0 bridgehead atoms. The predicted molar refractivity (Wildman–Crippen MR) is 62.5 cm³/mol. The Labute approximate surface area is 114 Å². The molecule has 1 aromatic heterocycles. The van der Waals surface area contributed by atoms with Crippen LogP contribution in [0.2, 0.25) is 0 Å². The van der Waals surface area contributed by atoms with Gasteiger partial charge in [0.2, 0.25) is 5.88 Å². The van der Waals surface area contributed by atoms with Gasteiger partial charge in [-0.1, -0.05) is 0 Å². The molecule has 0 aromatic carbocycles. The zero-order chi connectivity index (χ0) is 13.1. The highest BCUT2D eigenvalue weighted by Crippen LogP contribution is 2.29. The maximum absolute atomic E-state index is 12.1. The first-order valence-corrected chi connectivity index (χ1v) is 5.85. The van der Waals surface area contributed by atoms with E-state index < -0.39 is 12.2 Å². The Bertz CT molecular complexity index is 459. The van der Waals surface area contributed by atoms with Crippen molar-refractivity contribution in [3.05, 3.63) is 20.9 Å². The van der Waals surface area contributed by atoms with E-state index in [9.17, 15) is 13.2 Å². The third-order valence-corrected chi connectivity index (χ3v) is 2.58. The van der Waals surface area contributed by atoms with E-state index in [0.717, 1.165) is 0 Å². The van der Waals surface area contributed by atoms with Gasteiger partial charge in [-0.3, -0.25) is 0 Å². The molecule has 0 unspecified atom stereocenters. The van der Waals surface area contributed by atoms with Crippen LogP contribution in [0.25, 0.3) is 0 Å². The SMILES string of the molecule is N#CCc1cc(I)nc(OC(F)(F)F)c1CCl. The average molecular weight is 377 g/mol. The molecule has 0 radical (unpaired) electrons. The van der Waals surface area contributed by atoms with Gasteiger partial charge in [0.25, 0.3) is 0 Å². The normalized spacial score (nSPS) is 11.1. The number of alkyl halides is 4. The Kier molecular flexibility index (Phi) is 4.82. The molecule has 3 nitrogen and oxygen atoms in total. The smallest absolute Gasteiger partial charge is 0.387 e. The highest BCUT2D eigenvalue weighted by Gasteiger charge is 2.33. The third-order valence-electron chi connectivity index (χ3n) is 1.76. The standard InChI is InChI=1S/C9H5ClF3IN2O/c10-4-6-5(1-2-15)3-7(14)16-8(6)17-9(11,12)13/h3H,1,4H2. The van der Waals surface area contributed by atoms with Crippen LogP contribution in [0.3, 0.4) is 0 Å². The Morgan fingerprint density at radius 1 is 1.53 bits per heavy atom. The van der Waals surface area contributed by atoms with Crippen molar-refractivity contribution in [1.29, 1.82) is 5.26 Å². The van der Waals surface area contributed by atoms with Crippen molar-refractivity contribution in [3.8, 4) is 11.9 Å². The molecule has 1 rings (SSSR count). The van der Waals surface area contributed by atoms with E-state index in [-0.39, 0.29) is 17.9 Å². The maximum atomic E-state index is 12.1. The topological polar surface area (TPSA) is 45.9 Å². The summed E-state index contributed by atoms with van der Waals surface area (Å²) in [6.07, 6.45) is -4.88. The van der Waals surface area contributed by atoms with Gasteiger partial charge >= 0.3 is 6.36 Å². The fourth-order valence-corrected chi connectivity index (χ4v) is 2.03. The van der Waals surface area contributed by atoms with Crippen molar-refractivity contribution in [1.82, 2.24) is 4.98 Å². The molecule has 92 valence electrons. The van der Waals surface area contributed by atoms with Crippen LogP contribution >= 0.6 is 34.2 Å².